The lowest BCUT2D eigenvalue weighted by atomic mass is 10.1. The molecule has 2 aromatic rings. The first-order chi connectivity index (χ1) is 11.7. The molecule has 0 aromatic heterocycles. The number of amides is 1. The first kappa shape index (κ1) is 16.2. The van der Waals surface area contributed by atoms with Gasteiger partial charge in [-0.1, -0.05) is 24.3 Å². The third kappa shape index (κ3) is 3.79. The van der Waals surface area contributed by atoms with E-state index in [1.807, 2.05) is 49.4 Å². The third-order valence-electron chi connectivity index (χ3n) is 3.92. The van der Waals surface area contributed by atoms with Crippen LogP contribution >= 0.6 is 0 Å². The number of carbonyl (C=O) groups is 1. The van der Waals surface area contributed by atoms with Crippen LogP contribution in [0, 0.1) is 6.92 Å². The highest BCUT2D eigenvalue weighted by Gasteiger charge is 2.21. The van der Waals surface area contributed by atoms with Crippen molar-refractivity contribution in [3.05, 3.63) is 53.6 Å². The fourth-order valence-corrected chi connectivity index (χ4v) is 2.69. The van der Waals surface area contributed by atoms with Crippen LogP contribution in [-0.4, -0.2) is 32.3 Å². The minimum atomic E-state index is -0.179. The van der Waals surface area contributed by atoms with Gasteiger partial charge in [-0.25, -0.2) is 0 Å². The van der Waals surface area contributed by atoms with Gasteiger partial charge in [0.05, 0.1) is 20.1 Å². The average molecular weight is 327 g/mol. The maximum Gasteiger partial charge on any atom is 0.224 e. The van der Waals surface area contributed by atoms with Crippen LogP contribution < -0.4 is 19.5 Å². The van der Waals surface area contributed by atoms with Gasteiger partial charge in [-0.05, 0) is 36.2 Å². The van der Waals surface area contributed by atoms with E-state index in [0.717, 1.165) is 22.6 Å². The van der Waals surface area contributed by atoms with E-state index in [2.05, 4.69) is 5.32 Å². The number of methoxy groups -OCH3 is 1. The summed E-state index contributed by atoms with van der Waals surface area (Å²) in [5.41, 5.74) is 1.97. The summed E-state index contributed by atoms with van der Waals surface area (Å²) < 4.78 is 16.7. The molecular formula is C19H21NO4. The number of nitrogens with one attached hydrogen (secondary N) is 1. The van der Waals surface area contributed by atoms with E-state index in [0.29, 0.717) is 25.3 Å². The Labute approximate surface area is 141 Å². The van der Waals surface area contributed by atoms with Crippen molar-refractivity contribution in [2.75, 3.05) is 20.3 Å². The molecule has 5 heteroatoms. The van der Waals surface area contributed by atoms with Crippen molar-refractivity contribution >= 4 is 5.91 Å². The molecule has 0 unspecified atom stereocenters. The summed E-state index contributed by atoms with van der Waals surface area (Å²) in [5.74, 6) is 2.25. The zero-order valence-corrected chi connectivity index (χ0v) is 13.9. The van der Waals surface area contributed by atoms with Crippen LogP contribution in [0.2, 0.25) is 0 Å². The molecule has 24 heavy (non-hydrogen) atoms. The van der Waals surface area contributed by atoms with Crippen LogP contribution in [0.15, 0.2) is 42.5 Å². The van der Waals surface area contributed by atoms with Crippen molar-refractivity contribution < 1.29 is 19.0 Å². The second kappa shape index (κ2) is 7.25. The van der Waals surface area contributed by atoms with Gasteiger partial charge in [0, 0.05) is 0 Å². The number of aryl methyl sites for hydroxylation is 1. The fourth-order valence-electron chi connectivity index (χ4n) is 2.69. The molecule has 1 N–H and O–H groups in total. The second-order valence-corrected chi connectivity index (χ2v) is 5.78. The second-order valence-electron chi connectivity index (χ2n) is 5.78. The minimum Gasteiger partial charge on any atom is -0.496 e. The molecule has 0 spiro atoms. The van der Waals surface area contributed by atoms with Gasteiger partial charge in [0.2, 0.25) is 5.91 Å². The van der Waals surface area contributed by atoms with Crippen LogP contribution in [0.25, 0.3) is 0 Å². The topological polar surface area (TPSA) is 56.8 Å². The van der Waals surface area contributed by atoms with E-state index in [1.54, 1.807) is 7.11 Å². The summed E-state index contributed by atoms with van der Waals surface area (Å²) in [6.45, 7) is 2.81. The van der Waals surface area contributed by atoms with E-state index in [1.165, 1.54) is 0 Å². The monoisotopic (exact) mass is 327 g/mol. The Hall–Kier alpha value is -2.69. The Balaban J connectivity index is 1.50. The van der Waals surface area contributed by atoms with Crippen LogP contribution in [0.1, 0.15) is 11.1 Å². The van der Waals surface area contributed by atoms with E-state index in [4.69, 9.17) is 14.2 Å². The summed E-state index contributed by atoms with van der Waals surface area (Å²) in [6.07, 6.45) is 0.149. The summed E-state index contributed by atoms with van der Waals surface area (Å²) in [7, 11) is 1.64. The molecule has 0 radical (unpaired) electrons. The quantitative estimate of drug-likeness (QED) is 0.917. The van der Waals surface area contributed by atoms with Gasteiger partial charge in [0.25, 0.3) is 0 Å². The molecule has 1 heterocycles. The van der Waals surface area contributed by atoms with E-state index >= 15 is 0 Å². The van der Waals surface area contributed by atoms with Crippen molar-refractivity contribution in [3.63, 3.8) is 0 Å². The Bertz CT molecular complexity index is 729. The first-order valence-corrected chi connectivity index (χ1v) is 7.94. The predicted octanol–water partition coefficient (Wildman–Crippen LogP) is 2.50. The van der Waals surface area contributed by atoms with Crippen LogP contribution in [0.5, 0.6) is 17.2 Å². The largest absolute Gasteiger partial charge is 0.496 e. The van der Waals surface area contributed by atoms with Crippen molar-refractivity contribution in [2.45, 2.75) is 19.4 Å². The van der Waals surface area contributed by atoms with Crippen LogP contribution in [-0.2, 0) is 11.2 Å². The Kier molecular flexibility index (Phi) is 4.89. The molecule has 0 bridgehead atoms. The number of hydrogen-bond donors (Lipinski definition) is 1. The molecule has 126 valence electrons. The number of ether oxygens (including phenoxy) is 3. The molecule has 1 atom stereocenters. The zero-order chi connectivity index (χ0) is 16.9. The molecule has 1 aliphatic rings. The van der Waals surface area contributed by atoms with Gasteiger partial charge in [0.1, 0.15) is 18.5 Å². The summed E-state index contributed by atoms with van der Waals surface area (Å²) in [6, 6.07) is 13.3. The van der Waals surface area contributed by atoms with Crippen LogP contribution in [0.3, 0.4) is 0 Å². The highest BCUT2D eigenvalue weighted by atomic mass is 16.6. The molecule has 1 amide bonds. The average Bonchev–Trinajstić information content (AvgIpc) is 2.60. The molecule has 5 nitrogen and oxygen atoms in total. The summed E-state index contributed by atoms with van der Waals surface area (Å²) in [5, 5.41) is 2.90. The smallest absolute Gasteiger partial charge is 0.224 e. The lowest BCUT2D eigenvalue weighted by Gasteiger charge is -2.26. The summed E-state index contributed by atoms with van der Waals surface area (Å²) >= 11 is 0. The van der Waals surface area contributed by atoms with Gasteiger partial charge < -0.3 is 19.5 Å². The van der Waals surface area contributed by atoms with Gasteiger partial charge >= 0.3 is 0 Å². The zero-order valence-electron chi connectivity index (χ0n) is 13.9. The number of hydrogen-bond acceptors (Lipinski definition) is 4. The van der Waals surface area contributed by atoms with Crippen molar-refractivity contribution in [1.29, 1.82) is 0 Å². The molecule has 0 saturated carbocycles. The van der Waals surface area contributed by atoms with Crippen LogP contribution in [0.4, 0.5) is 0 Å². The lowest BCUT2D eigenvalue weighted by Crippen LogP contribution is -2.41. The number of fused-ring (bicyclic) bond motifs is 1. The highest BCUT2D eigenvalue weighted by molar-refractivity contribution is 5.78. The van der Waals surface area contributed by atoms with Crippen molar-refractivity contribution in [2.24, 2.45) is 0 Å². The van der Waals surface area contributed by atoms with E-state index in [9.17, 15) is 4.79 Å². The van der Waals surface area contributed by atoms with E-state index < -0.39 is 0 Å². The highest BCUT2D eigenvalue weighted by Crippen LogP contribution is 2.30. The van der Waals surface area contributed by atoms with E-state index in [-0.39, 0.29) is 12.0 Å². The maximum absolute atomic E-state index is 12.1. The first-order valence-electron chi connectivity index (χ1n) is 7.94. The molecule has 1 aliphatic heterocycles. The van der Waals surface area contributed by atoms with Crippen molar-refractivity contribution in [3.8, 4) is 17.2 Å². The number of para-hydroxylation sites is 2. The van der Waals surface area contributed by atoms with Gasteiger partial charge in [0.15, 0.2) is 11.5 Å². The molecule has 0 saturated heterocycles. The van der Waals surface area contributed by atoms with Gasteiger partial charge in [-0.15, -0.1) is 0 Å². The third-order valence-corrected chi connectivity index (χ3v) is 3.92. The Morgan fingerprint density at radius 3 is 2.79 bits per heavy atom. The lowest BCUT2D eigenvalue weighted by molar-refractivity contribution is -0.120. The summed E-state index contributed by atoms with van der Waals surface area (Å²) in [4.78, 5) is 12.1. The normalized spacial score (nSPS) is 15.7. The SMILES string of the molecule is COc1ccc(CC(=O)NC[C@H]2COc3ccccc3O2)cc1C. The van der Waals surface area contributed by atoms with Gasteiger partial charge in [-0.3, -0.25) is 4.79 Å². The van der Waals surface area contributed by atoms with Gasteiger partial charge in [-0.2, -0.15) is 0 Å². The number of rotatable bonds is 5. The maximum atomic E-state index is 12.1. The molecule has 2 aromatic carbocycles. The minimum absolute atomic E-state index is 0.0398. The fraction of sp³-hybridized carbons (Fsp3) is 0.316. The molecule has 0 aliphatic carbocycles. The standard InChI is InChI=1S/C19H21NO4/c1-13-9-14(7-8-16(13)22-2)10-19(21)20-11-15-12-23-17-5-3-4-6-18(17)24-15/h3-9,15H,10-12H2,1-2H3,(H,20,21)/t15-/m0/s1. The van der Waals surface area contributed by atoms with Crippen molar-refractivity contribution in [1.82, 2.24) is 5.32 Å². The predicted molar refractivity (Wildman–Crippen MR) is 90.8 cm³/mol. The number of benzene rings is 2. The number of carbonyl (C=O) groups excluding carboxylic acids is 1. The molecule has 3 rings (SSSR count). The molecule has 0 fully saturated rings. The Morgan fingerprint density at radius 2 is 2.04 bits per heavy atom. The molecular weight excluding hydrogens is 306 g/mol. The Morgan fingerprint density at radius 1 is 1.25 bits per heavy atom.